The average molecular weight is 276 g/mol. The summed E-state index contributed by atoms with van der Waals surface area (Å²) >= 11 is 0. The predicted molar refractivity (Wildman–Crippen MR) is 73.5 cm³/mol. The number of rotatable bonds is 3. The molecule has 1 spiro atoms. The van der Waals surface area contributed by atoms with Gasteiger partial charge in [-0.15, -0.1) is 0 Å². The first-order valence-corrected chi connectivity index (χ1v) is 7.19. The van der Waals surface area contributed by atoms with Gasteiger partial charge in [0.1, 0.15) is 0 Å². The van der Waals surface area contributed by atoms with Gasteiger partial charge in [-0.05, 0) is 18.3 Å². The third kappa shape index (κ3) is 2.42. The van der Waals surface area contributed by atoms with Gasteiger partial charge in [-0.25, -0.2) is 0 Å². The monoisotopic (exact) mass is 276 g/mol. The molecule has 1 aliphatic heterocycles. The van der Waals surface area contributed by atoms with E-state index in [0.29, 0.717) is 31.6 Å². The molecule has 1 saturated carbocycles. The smallest absolute Gasteiger partial charge is 0.229 e. The number of nitrogen functional groups attached to an aromatic ring is 1. The van der Waals surface area contributed by atoms with Crippen LogP contribution in [0.25, 0.3) is 0 Å². The van der Waals surface area contributed by atoms with Crippen molar-refractivity contribution in [2.75, 3.05) is 12.3 Å². The maximum absolute atomic E-state index is 12.2. The molecule has 6 heteroatoms. The van der Waals surface area contributed by atoms with Gasteiger partial charge in [0.05, 0.1) is 18.4 Å². The molecule has 2 aliphatic rings. The lowest BCUT2D eigenvalue weighted by Crippen LogP contribution is -2.48. The Morgan fingerprint density at radius 1 is 1.15 bits per heavy atom. The molecule has 2 N–H and O–H groups in total. The molecule has 0 atom stereocenters. The summed E-state index contributed by atoms with van der Waals surface area (Å²) in [6, 6.07) is 0. The zero-order valence-corrected chi connectivity index (χ0v) is 11.5. The molecular formula is C14H20N4O2. The van der Waals surface area contributed by atoms with Crippen LogP contribution in [0, 0.1) is 5.41 Å². The topological polar surface area (TPSA) is 81.2 Å². The van der Waals surface area contributed by atoms with Crippen molar-refractivity contribution < 1.29 is 9.59 Å². The summed E-state index contributed by atoms with van der Waals surface area (Å²) in [7, 11) is 0. The van der Waals surface area contributed by atoms with E-state index in [2.05, 4.69) is 5.10 Å². The van der Waals surface area contributed by atoms with Crippen LogP contribution in [0.5, 0.6) is 0 Å². The van der Waals surface area contributed by atoms with E-state index in [0.717, 1.165) is 25.7 Å². The van der Waals surface area contributed by atoms with Crippen LogP contribution in [-0.4, -0.2) is 33.0 Å². The summed E-state index contributed by atoms with van der Waals surface area (Å²) in [6.45, 7) is 0.885. The quantitative estimate of drug-likeness (QED) is 0.840. The average Bonchev–Trinajstić information content (AvgIpc) is 2.98. The molecule has 6 nitrogen and oxygen atoms in total. The molecular weight excluding hydrogens is 256 g/mol. The largest absolute Gasteiger partial charge is 0.396 e. The van der Waals surface area contributed by atoms with Crippen LogP contribution in [0.2, 0.25) is 0 Å². The number of likely N-dealkylation sites (tertiary alicyclic amines) is 1. The molecule has 0 aromatic carbocycles. The fourth-order valence-corrected chi connectivity index (χ4v) is 3.47. The molecule has 0 unspecified atom stereocenters. The number of piperidine rings is 1. The number of hydrogen-bond donors (Lipinski definition) is 1. The summed E-state index contributed by atoms with van der Waals surface area (Å²) < 4.78 is 1.66. The van der Waals surface area contributed by atoms with E-state index in [-0.39, 0.29) is 17.2 Å². The zero-order chi connectivity index (χ0) is 14.2. The van der Waals surface area contributed by atoms with Crippen molar-refractivity contribution in [2.24, 2.45) is 5.41 Å². The zero-order valence-electron chi connectivity index (χ0n) is 11.5. The van der Waals surface area contributed by atoms with Crippen molar-refractivity contribution >= 4 is 17.5 Å². The standard InChI is InChI=1S/C14H20N4O2/c15-11-9-16-17(10-11)5-6-18-12(19)7-14(8-13(18)20)3-1-2-4-14/h9-10H,1-8,15H2. The van der Waals surface area contributed by atoms with Gasteiger partial charge in [-0.1, -0.05) is 12.8 Å². The molecule has 108 valence electrons. The van der Waals surface area contributed by atoms with Crippen LogP contribution < -0.4 is 5.73 Å². The van der Waals surface area contributed by atoms with E-state index in [1.807, 2.05) is 0 Å². The fourth-order valence-electron chi connectivity index (χ4n) is 3.47. The Morgan fingerprint density at radius 3 is 2.35 bits per heavy atom. The Hall–Kier alpha value is -1.85. The SMILES string of the molecule is Nc1cnn(CCN2C(=O)CC3(CCCC3)CC2=O)c1. The Balaban J connectivity index is 1.63. The van der Waals surface area contributed by atoms with E-state index in [1.54, 1.807) is 17.1 Å². The number of hydrogen-bond acceptors (Lipinski definition) is 4. The lowest BCUT2D eigenvalue weighted by atomic mass is 9.76. The molecule has 2 heterocycles. The third-order valence-corrected chi connectivity index (χ3v) is 4.52. The van der Waals surface area contributed by atoms with Gasteiger partial charge in [0, 0.05) is 25.6 Å². The van der Waals surface area contributed by atoms with Crippen molar-refractivity contribution in [3.63, 3.8) is 0 Å². The highest BCUT2D eigenvalue weighted by molar-refractivity contribution is 5.98. The highest BCUT2D eigenvalue weighted by atomic mass is 16.2. The molecule has 0 radical (unpaired) electrons. The molecule has 3 rings (SSSR count). The van der Waals surface area contributed by atoms with Crippen LogP contribution in [0.15, 0.2) is 12.4 Å². The van der Waals surface area contributed by atoms with Crippen molar-refractivity contribution in [1.82, 2.24) is 14.7 Å². The minimum Gasteiger partial charge on any atom is -0.396 e. The number of aromatic nitrogens is 2. The van der Waals surface area contributed by atoms with Crippen molar-refractivity contribution in [2.45, 2.75) is 45.1 Å². The number of nitrogens with two attached hydrogens (primary N) is 1. The first-order chi connectivity index (χ1) is 9.58. The molecule has 1 aromatic heterocycles. The van der Waals surface area contributed by atoms with Crippen molar-refractivity contribution in [3.8, 4) is 0 Å². The minimum absolute atomic E-state index is 0.0247. The number of carbonyl (C=O) groups excluding carboxylic acids is 2. The summed E-state index contributed by atoms with van der Waals surface area (Å²) in [5, 5.41) is 4.06. The van der Waals surface area contributed by atoms with E-state index in [9.17, 15) is 9.59 Å². The number of amides is 2. The highest BCUT2D eigenvalue weighted by Crippen LogP contribution is 2.46. The van der Waals surface area contributed by atoms with Crippen LogP contribution in [-0.2, 0) is 16.1 Å². The highest BCUT2D eigenvalue weighted by Gasteiger charge is 2.44. The number of imide groups is 1. The van der Waals surface area contributed by atoms with Gasteiger partial charge in [-0.3, -0.25) is 19.2 Å². The number of nitrogens with zero attached hydrogens (tertiary/aromatic N) is 3. The molecule has 1 aliphatic carbocycles. The lowest BCUT2D eigenvalue weighted by molar-refractivity contribution is -0.153. The number of anilines is 1. The second-order valence-electron chi connectivity index (χ2n) is 6.04. The van der Waals surface area contributed by atoms with Gasteiger partial charge < -0.3 is 5.73 Å². The summed E-state index contributed by atoms with van der Waals surface area (Å²) in [5.41, 5.74) is 6.15. The van der Waals surface area contributed by atoms with Crippen molar-refractivity contribution in [1.29, 1.82) is 0 Å². The van der Waals surface area contributed by atoms with Gasteiger partial charge in [0.15, 0.2) is 0 Å². The van der Waals surface area contributed by atoms with E-state index >= 15 is 0 Å². The lowest BCUT2D eigenvalue weighted by Gasteiger charge is -2.37. The van der Waals surface area contributed by atoms with Crippen LogP contribution in [0.3, 0.4) is 0 Å². The molecule has 2 fully saturated rings. The van der Waals surface area contributed by atoms with Crippen LogP contribution in [0.4, 0.5) is 5.69 Å². The Morgan fingerprint density at radius 2 is 1.80 bits per heavy atom. The summed E-state index contributed by atoms with van der Waals surface area (Å²) in [6.07, 6.45) is 8.66. The fraction of sp³-hybridized carbons (Fsp3) is 0.643. The second-order valence-corrected chi connectivity index (χ2v) is 6.04. The Bertz CT molecular complexity index is 511. The normalized spacial score (nSPS) is 21.9. The molecule has 1 saturated heterocycles. The van der Waals surface area contributed by atoms with Gasteiger partial charge in [0.25, 0.3) is 0 Å². The first-order valence-electron chi connectivity index (χ1n) is 7.19. The molecule has 20 heavy (non-hydrogen) atoms. The maximum Gasteiger partial charge on any atom is 0.229 e. The second kappa shape index (κ2) is 4.92. The van der Waals surface area contributed by atoms with E-state index < -0.39 is 0 Å². The van der Waals surface area contributed by atoms with E-state index in [1.165, 1.54) is 4.90 Å². The molecule has 1 aromatic rings. The summed E-state index contributed by atoms with van der Waals surface area (Å²) in [4.78, 5) is 25.9. The van der Waals surface area contributed by atoms with Crippen molar-refractivity contribution in [3.05, 3.63) is 12.4 Å². The molecule has 0 bridgehead atoms. The van der Waals surface area contributed by atoms with Gasteiger partial charge in [-0.2, -0.15) is 5.10 Å². The van der Waals surface area contributed by atoms with Gasteiger partial charge in [0.2, 0.25) is 11.8 Å². The van der Waals surface area contributed by atoms with Crippen LogP contribution >= 0.6 is 0 Å². The van der Waals surface area contributed by atoms with E-state index in [4.69, 9.17) is 5.73 Å². The third-order valence-electron chi connectivity index (χ3n) is 4.52. The number of carbonyl (C=O) groups is 2. The Labute approximate surface area is 117 Å². The summed E-state index contributed by atoms with van der Waals surface area (Å²) in [5.74, 6) is -0.0495. The Kier molecular flexibility index (Phi) is 3.23. The first kappa shape index (κ1) is 13.1. The maximum atomic E-state index is 12.2. The molecule has 2 amide bonds. The predicted octanol–water partition coefficient (Wildman–Crippen LogP) is 1.17. The van der Waals surface area contributed by atoms with Crippen LogP contribution in [0.1, 0.15) is 38.5 Å². The van der Waals surface area contributed by atoms with Gasteiger partial charge >= 0.3 is 0 Å². The minimum atomic E-state index is -0.0270.